The molecule has 1 saturated heterocycles. The average molecular weight is 536 g/mol. The summed E-state index contributed by atoms with van der Waals surface area (Å²) in [6.45, 7) is 0.416. The maximum Gasteiger partial charge on any atom is 0.416 e. The molecule has 2 unspecified atom stereocenters. The average Bonchev–Trinajstić information content (AvgIpc) is 3.42. The van der Waals surface area contributed by atoms with Crippen LogP contribution < -0.4 is 4.74 Å². The summed E-state index contributed by atoms with van der Waals surface area (Å²) in [4.78, 5) is 12.4. The SMILES string of the molecule is FC(F)(F)c1cccc(OCC2COC(Cn3ccnc3)(c3ccc(Cl)cc3Cl)O2)c1.O=[N+]([O-])O. The first-order valence-electron chi connectivity index (χ1n) is 9.85. The largest absolute Gasteiger partial charge is 0.491 e. The van der Waals surface area contributed by atoms with E-state index in [1.165, 1.54) is 12.1 Å². The fraction of sp³-hybridized carbons (Fsp3) is 0.286. The molecule has 2 aromatic carbocycles. The van der Waals surface area contributed by atoms with Crippen molar-refractivity contribution in [1.82, 2.24) is 9.55 Å². The molecule has 0 saturated carbocycles. The van der Waals surface area contributed by atoms with Crippen LogP contribution in [0, 0.1) is 10.1 Å². The standard InChI is InChI=1S/C21H17Cl2F3N2O3.HNO3/c22-15-4-5-18(19(23)9-15)20(12-28-7-6-27-13-28)30-11-17(31-20)10-29-16-3-1-2-14(8-16)21(24,25)26;2-1(3)4/h1-9,13,17H,10-12H2;(H,2,3,4). The smallest absolute Gasteiger partial charge is 0.416 e. The van der Waals surface area contributed by atoms with Crippen LogP contribution in [0.5, 0.6) is 5.75 Å². The Bertz CT molecular complexity index is 1150. The molecule has 1 aromatic heterocycles. The van der Waals surface area contributed by atoms with Crippen molar-refractivity contribution in [2.24, 2.45) is 0 Å². The number of hydrogen-bond acceptors (Lipinski definition) is 6. The number of nitrogens with zero attached hydrogens (tertiary/aromatic N) is 3. The summed E-state index contributed by atoms with van der Waals surface area (Å²) in [5.41, 5.74) is -0.204. The van der Waals surface area contributed by atoms with Crippen molar-refractivity contribution < 1.29 is 37.7 Å². The van der Waals surface area contributed by atoms with Gasteiger partial charge in [0, 0.05) is 23.0 Å². The summed E-state index contributed by atoms with van der Waals surface area (Å²) >= 11 is 12.4. The van der Waals surface area contributed by atoms with E-state index in [2.05, 4.69) is 4.98 Å². The minimum atomic E-state index is -4.45. The normalized spacial score (nSPS) is 19.6. The minimum Gasteiger partial charge on any atom is -0.491 e. The Morgan fingerprint density at radius 2 is 2.03 bits per heavy atom. The van der Waals surface area contributed by atoms with E-state index in [-0.39, 0.29) is 25.5 Å². The van der Waals surface area contributed by atoms with Gasteiger partial charge in [0.15, 0.2) is 0 Å². The Labute approximate surface area is 206 Å². The van der Waals surface area contributed by atoms with E-state index in [0.717, 1.165) is 12.1 Å². The third kappa shape index (κ3) is 7.21. The molecule has 0 radical (unpaired) electrons. The maximum atomic E-state index is 12.9. The van der Waals surface area contributed by atoms with Gasteiger partial charge in [0.25, 0.3) is 5.09 Å². The first-order valence-corrected chi connectivity index (χ1v) is 10.6. The van der Waals surface area contributed by atoms with Crippen molar-refractivity contribution >= 4 is 23.2 Å². The van der Waals surface area contributed by atoms with Crippen LogP contribution in [0.1, 0.15) is 11.1 Å². The van der Waals surface area contributed by atoms with Crippen LogP contribution in [0.4, 0.5) is 13.2 Å². The zero-order valence-electron chi connectivity index (χ0n) is 17.7. The lowest BCUT2D eigenvalue weighted by Gasteiger charge is -2.30. The van der Waals surface area contributed by atoms with Crippen molar-refractivity contribution in [2.75, 3.05) is 13.2 Å². The van der Waals surface area contributed by atoms with Gasteiger partial charge < -0.3 is 24.0 Å². The highest BCUT2D eigenvalue weighted by molar-refractivity contribution is 6.35. The summed E-state index contributed by atoms with van der Waals surface area (Å²) in [7, 11) is 0. The number of hydrogen-bond donors (Lipinski definition) is 1. The van der Waals surface area contributed by atoms with E-state index in [9.17, 15) is 13.2 Å². The van der Waals surface area contributed by atoms with Gasteiger partial charge in [-0.1, -0.05) is 35.3 Å². The van der Waals surface area contributed by atoms with E-state index < -0.39 is 28.7 Å². The molecule has 2 atom stereocenters. The Morgan fingerprint density at radius 1 is 1.29 bits per heavy atom. The summed E-state index contributed by atoms with van der Waals surface area (Å²) in [6, 6.07) is 9.68. The number of aromatic nitrogens is 2. The zero-order valence-corrected chi connectivity index (χ0v) is 19.2. The Hall–Kier alpha value is -3.06. The molecule has 2 heterocycles. The summed E-state index contributed by atoms with van der Waals surface area (Å²) < 4.78 is 58.3. The van der Waals surface area contributed by atoms with Crippen LogP contribution in [0.2, 0.25) is 10.0 Å². The minimum absolute atomic E-state index is 0.00179. The molecular weight excluding hydrogens is 518 g/mol. The van der Waals surface area contributed by atoms with Gasteiger partial charge in [-0.05, 0) is 30.3 Å². The van der Waals surface area contributed by atoms with Crippen molar-refractivity contribution in [3.63, 3.8) is 0 Å². The van der Waals surface area contributed by atoms with Crippen LogP contribution in [0.3, 0.4) is 0 Å². The highest BCUT2D eigenvalue weighted by atomic mass is 35.5. The predicted octanol–water partition coefficient (Wildman–Crippen LogP) is 5.21. The molecule has 0 amide bonds. The first-order chi connectivity index (χ1) is 16.5. The fourth-order valence-corrected chi connectivity index (χ4v) is 3.88. The van der Waals surface area contributed by atoms with E-state index in [0.29, 0.717) is 15.6 Å². The second kappa shape index (κ2) is 11.1. The van der Waals surface area contributed by atoms with Crippen LogP contribution in [-0.4, -0.2) is 39.2 Å². The number of benzene rings is 2. The topological polar surface area (TPSA) is 109 Å². The van der Waals surface area contributed by atoms with Crippen molar-refractivity contribution in [1.29, 1.82) is 0 Å². The first kappa shape index (κ1) is 26.5. The molecule has 1 aliphatic rings. The second-order valence-corrected chi connectivity index (χ2v) is 8.08. The number of halogens is 5. The molecule has 1 fully saturated rings. The Kier molecular flexibility index (Phi) is 8.43. The third-order valence-corrected chi connectivity index (χ3v) is 5.30. The molecular formula is C21H18Cl2F3N3O6. The number of alkyl halides is 3. The molecule has 0 spiro atoms. The van der Waals surface area contributed by atoms with E-state index >= 15 is 0 Å². The van der Waals surface area contributed by atoms with Gasteiger partial charge >= 0.3 is 6.18 Å². The monoisotopic (exact) mass is 535 g/mol. The van der Waals surface area contributed by atoms with Gasteiger partial charge in [-0.3, -0.25) is 0 Å². The van der Waals surface area contributed by atoms with Crippen LogP contribution >= 0.6 is 23.2 Å². The molecule has 1 N–H and O–H groups in total. The Balaban J connectivity index is 0.000000795. The lowest BCUT2D eigenvalue weighted by molar-refractivity contribution is -0.742. The number of ether oxygens (including phenoxy) is 3. The summed E-state index contributed by atoms with van der Waals surface area (Å²) in [6.07, 6.45) is 0.0119. The summed E-state index contributed by atoms with van der Waals surface area (Å²) in [5, 5.41) is 14.5. The zero-order chi connectivity index (χ0) is 25.6. The lowest BCUT2D eigenvalue weighted by Crippen LogP contribution is -2.34. The second-order valence-electron chi connectivity index (χ2n) is 7.24. The highest BCUT2D eigenvalue weighted by Gasteiger charge is 2.45. The molecule has 188 valence electrons. The van der Waals surface area contributed by atoms with Crippen LogP contribution in [0.25, 0.3) is 0 Å². The number of imidazole rings is 1. The van der Waals surface area contributed by atoms with Gasteiger partial charge in [0.05, 0.1) is 30.1 Å². The molecule has 14 heteroatoms. The van der Waals surface area contributed by atoms with Gasteiger partial charge in [-0.2, -0.15) is 13.2 Å². The van der Waals surface area contributed by atoms with Crippen molar-refractivity contribution in [2.45, 2.75) is 24.6 Å². The van der Waals surface area contributed by atoms with E-state index in [1.54, 1.807) is 41.5 Å². The van der Waals surface area contributed by atoms with E-state index in [4.69, 9.17) is 52.7 Å². The van der Waals surface area contributed by atoms with Crippen molar-refractivity contribution in [3.8, 4) is 5.75 Å². The third-order valence-electron chi connectivity index (χ3n) is 4.75. The lowest BCUT2D eigenvalue weighted by atomic mass is 10.1. The van der Waals surface area contributed by atoms with Crippen LogP contribution in [-0.2, 0) is 28.0 Å². The predicted molar refractivity (Wildman–Crippen MR) is 117 cm³/mol. The fourth-order valence-electron chi connectivity index (χ4n) is 3.33. The highest BCUT2D eigenvalue weighted by Crippen LogP contribution is 2.40. The number of rotatable bonds is 6. The molecule has 35 heavy (non-hydrogen) atoms. The maximum absolute atomic E-state index is 12.9. The quantitative estimate of drug-likeness (QED) is 0.341. The van der Waals surface area contributed by atoms with Gasteiger partial charge in [-0.25, -0.2) is 4.98 Å². The van der Waals surface area contributed by atoms with Crippen molar-refractivity contribution in [3.05, 3.63) is 92.5 Å². The van der Waals surface area contributed by atoms with Gasteiger partial charge in [-0.15, -0.1) is 10.1 Å². The molecule has 9 nitrogen and oxygen atoms in total. The molecule has 3 aromatic rings. The molecule has 4 rings (SSSR count). The molecule has 0 aliphatic carbocycles. The molecule has 1 aliphatic heterocycles. The Morgan fingerprint density at radius 3 is 2.66 bits per heavy atom. The summed E-state index contributed by atoms with van der Waals surface area (Å²) in [5.74, 6) is -1.14. The van der Waals surface area contributed by atoms with Crippen LogP contribution in [0.15, 0.2) is 61.2 Å². The van der Waals surface area contributed by atoms with Gasteiger partial charge in [0.1, 0.15) is 18.5 Å². The molecule has 0 bridgehead atoms. The van der Waals surface area contributed by atoms with Gasteiger partial charge in [0.2, 0.25) is 5.79 Å². The van der Waals surface area contributed by atoms with E-state index in [1.807, 2.05) is 0 Å².